The Hall–Kier alpha value is -0.294. The molecule has 6 nitrogen and oxygen atoms in total. The van der Waals surface area contributed by atoms with E-state index in [4.69, 9.17) is 0 Å². The zero-order valence-electron chi connectivity index (χ0n) is 12.5. The van der Waals surface area contributed by atoms with Crippen molar-refractivity contribution in [2.24, 2.45) is 0 Å². The summed E-state index contributed by atoms with van der Waals surface area (Å²) in [5, 5.41) is 17.7. The second-order valence-corrected chi connectivity index (χ2v) is 5.57. The molecule has 0 aromatic heterocycles. The normalized spacial score (nSPS) is 12.6. The van der Waals surface area contributed by atoms with Crippen LogP contribution in [-0.4, -0.2) is 23.9 Å². The molecule has 0 spiro atoms. The van der Waals surface area contributed by atoms with E-state index in [9.17, 15) is 14.8 Å². The fourth-order valence-electron chi connectivity index (χ4n) is 2.59. The van der Waals surface area contributed by atoms with Crippen LogP contribution < -0.4 is 62.0 Å². The number of carbonyl (C=O) groups is 2. The number of anilines is 1. The molecule has 0 amide bonds. The molecule has 0 bridgehead atoms. The molecule has 0 heterocycles. The Balaban J connectivity index is 0.00000192. The van der Waals surface area contributed by atoms with Crippen LogP contribution in [0.1, 0.15) is 27.1 Å². The first kappa shape index (κ1) is 19.0. The van der Waals surface area contributed by atoms with E-state index in [2.05, 4.69) is 14.7 Å². The summed E-state index contributed by atoms with van der Waals surface area (Å²) < 4.78 is 4.18. The Kier molecular flexibility index (Phi) is 7.20. The third-order valence-electron chi connectivity index (χ3n) is 3.53. The Labute approximate surface area is 179 Å². The van der Waals surface area contributed by atoms with Crippen LogP contribution in [0.5, 0.6) is 0 Å². The van der Waals surface area contributed by atoms with Gasteiger partial charge in [-0.2, -0.15) is 4.33 Å². The standard InChI is InChI=1S/C15H13NO5S.K/c17-14-10-4-1-3-9-12(16-7-2-8-22-21-20-19)6-5-11(13(9)10)15(14)18;/h1,3-6,16,19H,2,7-8H2;/q;+1/p-1. The van der Waals surface area contributed by atoms with E-state index in [0.717, 1.165) is 34.9 Å². The Morgan fingerprint density at radius 3 is 2.57 bits per heavy atom. The molecule has 0 radical (unpaired) electrons. The fourth-order valence-corrected chi connectivity index (χ4v) is 2.96. The number of Topliss-reactive ketones (excluding diaryl/α,β-unsaturated/α-hetero) is 2. The van der Waals surface area contributed by atoms with Crippen LogP contribution in [0.2, 0.25) is 0 Å². The molecule has 0 saturated carbocycles. The van der Waals surface area contributed by atoms with Gasteiger partial charge in [-0.15, -0.1) is 0 Å². The van der Waals surface area contributed by atoms with Crippen LogP contribution in [-0.2, 0) is 9.37 Å². The first-order valence-electron chi connectivity index (χ1n) is 6.71. The largest absolute Gasteiger partial charge is 1.00 e. The number of nitrogens with one attached hydrogen (secondary N) is 1. The summed E-state index contributed by atoms with van der Waals surface area (Å²) in [5.41, 5.74) is 1.81. The molecule has 2 aromatic rings. The van der Waals surface area contributed by atoms with Gasteiger partial charge < -0.3 is 10.6 Å². The van der Waals surface area contributed by atoms with E-state index in [1.807, 2.05) is 12.1 Å². The van der Waals surface area contributed by atoms with Gasteiger partial charge in [0.1, 0.15) is 0 Å². The quantitative estimate of drug-likeness (QED) is 0.168. The van der Waals surface area contributed by atoms with Crippen molar-refractivity contribution in [2.75, 3.05) is 17.6 Å². The van der Waals surface area contributed by atoms with Gasteiger partial charge in [0.15, 0.2) is 0 Å². The van der Waals surface area contributed by atoms with Crippen LogP contribution in [0.25, 0.3) is 10.8 Å². The molecule has 8 heteroatoms. The van der Waals surface area contributed by atoms with Gasteiger partial charge >= 0.3 is 51.4 Å². The molecular formula is C15H12KNO5S. The number of benzene rings is 2. The summed E-state index contributed by atoms with van der Waals surface area (Å²) in [7, 11) is 0. The summed E-state index contributed by atoms with van der Waals surface area (Å²) in [6.07, 6.45) is 0.759. The first-order valence-corrected chi connectivity index (χ1v) is 7.62. The maximum atomic E-state index is 11.9. The topological polar surface area (TPSA) is 87.7 Å². The number of ketones is 2. The minimum atomic E-state index is -0.441. The maximum absolute atomic E-state index is 11.9. The molecule has 1 N–H and O–H groups in total. The predicted molar refractivity (Wildman–Crippen MR) is 80.3 cm³/mol. The van der Waals surface area contributed by atoms with Crippen LogP contribution in [0.3, 0.4) is 0 Å². The van der Waals surface area contributed by atoms with E-state index in [1.54, 1.807) is 18.2 Å². The van der Waals surface area contributed by atoms with Gasteiger partial charge in [0.25, 0.3) is 0 Å². The zero-order chi connectivity index (χ0) is 15.5. The number of rotatable bonds is 7. The van der Waals surface area contributed by atoms with E-state index in [1.165, 1.54) is 0 Å². The second kappa shape index (κ2) is 8.70. The van der Waals surface area contributed by atoms with Gasteiger partial charge in [0.05, 0.1) is 0 Å². The summed E-state index contributed by atoms with van der Waals surface area (Å²) >= 11 is 0.943. The Bertz CT molecular complexity index is 732. The third-order valence-corrected chi connectivity index (χ3v) is 4.14. The summed E-state index contributed by atoms with van der Waals surface area (Å²) in [6.45, 7) is 0.662. The van der Waals surface area contributed by atoms with Crippen LogP contribution in [0.4, 0.5) is 5.69 Å². The summed E-state index contributed by atoms with van der Waals surface area (Å²) in [4.78, 5) is 23.9. The number of carbonyl (C=O) groups excluding carboxylic acids is 2. The molecular weight excluding hydrogens is 345 g/mol. The van der Waals surface area contributed by atoms with Gasteiger partial charge in [-0.3, -0.25) is 14.6 Å². The molecule has 1 aliphatic carbocycles. The van der Waals surface area contributed by atoms with Gasteiger partial charge in [-0.25, -0.2) is 0 Å². The molecule has 23 heavy (non-hydrogen) atoms. The zero-order valence-corrected chi connectivity index (χ0v) is 16.4. The monoisotopic (exact) mass is 357 g/mol. The van der Waals surface area contributed by atoms with Crippen LogP contribution >= 0.6 is 12.0 Å². The minimum Gasteiger partial charge on any atom is -0.691 e. The van der Waals surface area contributed by atoms with E-state index < -0.39 is 11.6 Å². The molecule has 1 aliphatic rings. The van der Waals surface area contributed by atoms with E-state index in [-0.39, 0.29) is 51.4 Å². The molecule has 0 saturated heterocycles. The van der Waals surface area contributed by atoms with Gasteiger partial charge in [-0.05, 0) is 18.6 Å². The maximum Gasteiger partial charge on any atom is 1.00 e. The molecule has 0 atom stereocenters. The van der Waals surface area contributed by atoms with Crippen molar-refractivity contribution in [3.05, 3.63) is 41.5 Å². The van der Waals surface area contributed by atoms with Gasteiger partial charge in [0, 0.05) is 51.9 Å². The second-order valence-electron chi connectivity index (χ2n) is 4.79. The van der Waals surface area contributed by atoms with Crippen molar-refractivity contribution in [1.29, 1.82) is 0 Å². The van der Waals surface area contributed by atoms with Crippen molar-refractivity contribution in [3.8, 4) is 0 Å². The third kappa shape index (κ3) is 3.86. The van der Waals surface area contributed by atoms with Crippen molar-refractivity contribution in [3.63, 3.8) is 0 Å². The predicted octanol–water partition coefficient (Wildman–Crippen LogP) is -1.10. The molecule has 2 aromatic carbocycles. The van der Waals surface area contributed by atoms with Crippen molar-refractivity contribution >= 4 is 40.1 Å². The van der Waals surface area contributed by atoms with Gasteiger partial charge in [0.2, 0.25) is 11.6 Å². The average molecular weight is 357 g/mol. The number of hydrogen-bond acceptors (Lipinski definition) is 7. The number of hydrogen-bond donors (Lipinski definition) is 1. The fraction of sp³-hybridized carbons (Fsp3) is 0.200. The first-order chi connectivity index (χ1) is 10.7. The molecule has 0 aliphatic heterocycles. The molecule has 3 rings (SSSR count). The van der Waals surface area contributed by atoms with Crippen LogP contribution in [0.15, 0.2) is 30.3 Å². The Morgan fingerprint density at radius 1 is 1.09 bits per heavy atom. The molecule has 0 fully saturated rings. The minimum absolute atomic E-state index is 0. The SMILES string of the molecule is O=C1C(=O)c2ccc(NCCCSOO[O-])c3cccc1c23.[K+]. The van der Waals surface area contributed by atoms with Crippen molar-refractivity contribution in [2.45, 2.75) is 6.42 Å². The van der Waals surface area contributed by atoms with Gasteiger partial charge in [-0.1, -0.05) is 18.2 Å². The van der Waals surface area contributed by atoms with Crippen LogP contribution in [0, 0.1) is 0 Å². The Morgan fingerprint density at radius 2 is 1.83 bits per heavy atom. The van der Waals surface area contributed by atoms with E-state index >= 15 is 0 Å². The van der Waals surface area contributed by atoms with E-state index in [0.29, 0.717) is 23.4 Å². The smallest absolute Gasteiger partial charge is 0.691 e. The van der Waals surface area contributed by atoms with Crippen molar-refractivity contribution < 1.29 is 75.6 Å². The summed E-state index contributed by atoms with van der Waals surface area (Å²) in [6, 6.07) is 8.84. The molecule has 114 valence electrons. The molecule has 0 unspecified atom stereocenters. The average Bonchev–Trinajstić information content (AvgIpc) is 2.79. The van der Waals surface area contributed by atoms with Crippen molar-refractivity contribution in [1.82, 2.24) is 0 Å². The summed E-state index contributed by atoms with van der Waals surface area (Å²) in [5.74, 6) is -0.277.